The number of halogens is 2. The van der Waals surface area contributed by atoms with Crippen LogP contribution in [0.2, 0.25) is 0 Å². The molecule has 0 saturated heterocycles. The summed E-state index contributed by atoms with van der Waals surface area (Å²) in [4.78, 5) is 12.2. The first kappa shape index (κ1) is 11.5. The van der Waals surface area contributed by atoms with E-state index in [0.29, 0.717) is 9.35 Å². The molecule has 0 amide bonds. The van der Waals surface area contributed by atoms with Gasteiger partial charge in [0, 0.05) is 4.88 Å². The molecule has 0 fully saturated rings. The van der Waals surface area contributed by atoms with E-state index in [9.17, 15) is 9.18 Å². The van der Waals surface area contributed by atoms with Crippen molar-refractivity contribution in [1.29, 1.82) is 0 Å². The highest BCUT2D eigenvalue weighted by molar-refractivity contribution is 9.10. The van der Waals surface area contributed by atoms with Crippen LogP contribution in [-0.4, -0.2) is 6.29 Å². The highest BCUT2D eigenvalue weighted by Gasteiger charge is 2.09. The Morgan fingerprint density at radius 2 is 2.12 bits per heavy atom. The van der Waals surface area contributed by atoms with Gasteiger partial charge in [0.15, 0.2) is 6.29 Å². The zero-order valence-corrected chi connectivity index (χ0v) is 10.9. The molecule has 0 saturated carbocycles. The maximum absolute atomic E-state index is 13.2. The van der Waals surface area contributed by atoms with Crippen LogP contribution in [0.25, 0.3) is 10.4 Å². The Morgan fingerprint density at radius 1 is 1.38 bits per heavy atom. The topological polar surface area (TPSA) is 17.1 Å². The molecule has 0 aliphatic heterocycles. The van der Waals surface area contributed by atoms with Crippen molar-refractivity contribution >= 4 is 33.6 Å². The third-order valence-corrected chi connectivity index (χ3v) is 3.93. The number of thiophene rings is 1. The van der Waals surface area contributed by atoms with E-state index in [2.05, 4.69) is 15.9 Å². The monoisotopic (exact) mass is 298 g/mol. The third-order valence-electron chi connectivity index (χ3n) is 2.28. The number of rotatable bonds is 2. The molecule has 0 unspecified atom stereocenters. The lowest BCUT2D eigenvalue weighted by Gasteiger charge is -2.04. The van der Waals surface area contributed by atoms with Gasteiger partial charge in [0.05, 0.1) is 9.35 Å². The maximum atomic E-state index is 13.2. The van der Waals surface area contributed by atoms with E-state index in [4.69, 9.17) is 0 Å². The van der Waals surface area contributed by atoms with Crippen LogP contribution in [0.5, 0.6) is 0 Å². The molecule has 2 rings (SSSR count). The smallest absolute Gasteiger partial charge is 0.160 e. The van der Waals surface area contributed by atoms with E-state index in [1.165, 1.54) is 17.4 Å². The summed E-state index contributed by atoms with van der Waals surface area (Å²) in [6.07, 6.45) is 0.821. The Morgan fingerprint density at radius 3 is 2.75 bits per heavy atom. The molecule has 0 radical (unpaired) electrons. The van der Waals surface area contributed by atoms with E-state index in [1.807, 2.05) is 13.0 Å². The molecular weight excluding hydrogens is 291 g/mol. The fraction of sp³-hybridized carbons (Fsp3) is 0.0833. The molecule has 0 aliphatic carbocycles. The Kier molecular flexibility index (Phi) is 3.21. The predicted molar refractivity (Wildman–Crippen MR) is 67.5 cm³/mol. The van der Waals surface area contributed by atoms with Crippen LogP contribution in [0.3, 0.4) is 0 Å². The van der Waals surface area contributed by atoms with Crippen LogP contribution < -0.4 is 0 Å². The van der Waals surface area contributed by atoms with Crippen molar-refractivity contribution in [2.45, 2.75) is 6.92 Å². The first-order valence-electron chi connectivity index (χ1n) is 4.63. The van der Waals surface area contributed by atoms with Crippen LogP contribution in [0, 0.1) is 12.7 Å². The molecular formula is C12H8BrFOS. The van der Waals surface area contributed by atoms with Gasteiger partial charge >= 0.3 is 0 Å². The van der Waals surface area contributed by atoms with E-state index in [0.717, 1.165) is 22.3 Å². The number of benzene rings is 1. The third kappa shape index (κ3) is 2.08. The number of carbonyl (C=O) groups is 1. The maximum Gasteiger partial charge on any atom is 0.160 e. The Labute approximate surface area is 105 Å². The van der Waals surface area contributed by atoms with Crippen molar-refractivity contribution in [3.8, 4) is 10.4 Å². The molecule has 82 valence electrons. The van der Waals surface area contributed by atoms with Crippen molar-refractivity contribution in [1.82, 2.24) is 0 Å². The Balaban J connectivity index is 2.55. The van der Waals surface area contributed by atoms with Crippen molar-refractivity contribution in [2.75, 3.05) is 0 Å². The lowest BCUT2D eigenvalue weighted by Crippen LogP contribution is -1.84. The summed E-state index contributed by atoms with van der Waals surface area (Å²) in [5, 5.41) is 0. The SMILES string of the molecule is Cc1cc(F)c(Br)cc1-c1ccc(C=O)s1. The second-order valence-electron chi connectivity index (χ2n) is 3.40. The molecule has 0 aliphatic rings. The van der Waals surface area contributed by atoms with Crippen LogP contribution in [0.15, 0.2) is 28.7 Å². The summed E-state index contributed by atoms with van der Waals surface area (Å²) >= 11 is 4.56. The Bertz CT molecular complexity index is 548. The number of hydrogen-bond acceptors (Lipinski definition) is 2. The van der Waals surface area contributed by atoms with Crippen LogP contribution in [-0.2, 0) is 0 Å². The second kappa shape index (κ2) is 4.47. The summed E-state index contributed by atoms with van der Waals surface area (Å²) in [6, 6.07) is 6.87. The average molecular weight is 299 g/mol. The molecule has 0 N–H and O–H groups in total. The van der Waals surface area contributed by atoms with Gasteiger partial charge in [-0.3, -0.25) is 4.79 Å². The Hall–Kier alpha value is -1.00. The van der Waals surface area contributed by atoms with Crippen molar-refractivity contribution in [3.05, 3.63) is 45.0 Å². The number of hydrogen-bond donors (Lipinski definition) is 0. The fourth-order valence-corrected chi connectivity index (χ4v) is 2.72. The van der Waals surface area contributed by atoms with Gasteiger partial charge in [0.1, 0.15) is 5.82 Å². The first-order valence-corrected chi connectivity index (χ1v) is 6.24. The number of aldehydes is 1. The second-order valence-corrected chi connectivity index (χ2v) is 5.37. The average Bonchev–Trinajstić information content (AvgIpc) is 2.71. The summed E-state index contributed by atoms with van der Waals surface area (Å²) < 4.78 is 13.7. The summed E-state index contributed by atoms with van der Waals surface area (Å²) in [6.45, 7) is 1.85. The molecule has 16 heavy (non-hydrogen) atoms. The zero-order valence-electron chi connectivity index (χ0n) is 8.46. The normalized spacial score (nSPS) is 10.4. The lowest BCUT2D eigenvalue weighted by molar-refractivity contribution is 0.112. The molecule has 2 aromatic rings. The minimum absolute atomic E-state index is 0.270. The van der Waals surface area contributed by atoms with Crippen molar-refractivity contribution in [2.24, 2.45) is 0 Å². The van der Waals surface area contributed by atoms with Gasteiger partial charge in [-0.25, -0.2) is 4.39 Å². The van der Waals surface area contributed by atoms with Crippen LogP contribution in [0.4, 0.5) is 4.39 Å². The molecule has 0 bridgehead atoms. The standard InChI is InChI=1S/C12H8BrFOS/c1-7-4-11(14)10(13)5-9(7)12-3-2-8(6-15)16-12/h2-6H,1H3. The quantitative estimate of drug-likeness (QED) is 0.749. The van der Waals surface area contributed by atoms with Crippen molar-refractivity contribution in [3.63, 3.8) is 0 Å². The van der Waals surface area contributed by atoms with Crippen molar-refractivity contribution < 1.29 is 9.18 Å². The predicted octanol–water partition coefficient (Wildman–Crippen LogP) is 4.44. The van der Waals surface area contributed by atoms with Gasteiger partial charge in [0.2, 0.25) is 0 Å². The van der Waals surface area contributed by atoms with Gasteiger partial charge in [-0.15, -0.1) is 11.3 Å². The highest BCUT2D eigenvalue weighted by atomic mass is 79.9. The molecule has 1 aromatic heterocycles. The molecule has 4 heteroatoms. The van der Waals surface area contributed by atoms with Gasteiger partial charge in [-0.1, -0.05) is 0 Å². The van der Waals surface area contributed by atoms with Crippen LogP contribution in [0.1, 0.15) is 15.2 Å². The molecule has 1 heterocycles. The fourth-order valence-electron chi connectivity index (χ4n) is 1.47. The molecule has 1 aromatic carbocycles. The van der Waals surface area contributed by atoms with Gasteiger partial charge in [-0.05, 0) is 58.2 Å². The van der Waals surface area contributed by atoms with E-state index >= 15 is 0 Å². The molecule has 1 nitrogen and oxygen atoms in total. The summed E-state index contributed by atoms with van der Waals surface area (Å²) in [5.74, 6) is -0.270. The van der Waals surface area contributed by atoms with Gasteiger partial charge in [-0.2, -0.15) is 0 Å². The minimum Gasteiger partial charge on any atom is -0.297 e. The number of carbonyl (C=O) groups excluding carboxylic acids is 1. The minimum atomic E-state index is -0.270. The summed E-state index contributed by atoms with van der Waals surface area (Å²) in [7, 11) is 0. The van der Waals surface area contributed by atoms with E-state index < -0.39 is 0 Å². The van der Waals surface area contributed by atoms with E-state index in [-0.39, 0.29) is 5.82 Å². The lowest BCUT2D eigenvalue weighted by atomic mass is 10.1. The van der Waals surface area contributed by atoms with Gasteiger partial charge < -0.3 is 0 Å². The number of aryl methyl sites for hydroxylation is 1. The highest BCUT2D eigenvalue weighted by Crippen LogP contribution is 2.33. The van der Waals surface area contributed by atoms with E-state index in [1.54, 1.807) is 12.1 Å². The molecule has 0 atom stereocenters. The van der Waals surface area contributed by atoms with Gasteiger partial charge in [0.25, 0.3) is 0 Å². The first-order chi connectivity index (χ1) is 7.61. The largest absolute Gasteiger partial charge is 0.297 e. The van der Waals surface area contributed by atoms with Crippen LogP contribution >= 0.6 is 27.3 Å². The molecule has 0 spiro atoms. The summed E-state index contributed by atoms with van der Waals surface area (Å²) in [5.41, 5.74) is 1.81. The zero-order chi connectivity index (χ0) is 11.7.